The Kier molecular flexibility index (Phi) is 5.88. The number of allylic oxidation sites excluding steroid dienone is 2. The fourth-order valence-corrected chi connectivity index (χ4v) is 4.29. The molecule has 4 rings (SSSR count). The zero-order valence-corrected chi connectivity index (χ0v) is 17.3. The predicted octanol–water partition coefficient (Wildman–Crippen LogP) is 2.34. The van der Waals surface area contributed by atoms with Crippen molar-refractivity contribution in [1.29, 1.82) is 0 Å². The average molecular weight is 409 g/mol. The van der Waals surface area contributed by atoms with Crippen molar-refractivity contribution in [3.05, 3.63) is 59.9 Å². The van der Waals surface area contributed by atoms with Gasteiger partial charge in [-0.2, -0.15) is 5.10 Å². The second-order valence-corrected chi connectivity index (χ2v) is 8.26. The van der Waals surface area contributed by atoms with Gasteiger partial charge in [-0.3, -0.25) is 14.3 Å². The number of nitrogens with zero attached hydrogens (tertiary/aromatic N) is 3. The quantitative estimate of drug-likeness (QED) is 0.735. The van der Waals surface area contributed by atoms with Gasteiger partial charge in [0.15, 0.2) is 6.61 Å². The van der Waals surface area contributed by atoms with Gasteiger partial charge < -0.3 is 15.0 Å². The number of hydrogen-bond acceptors (Lipinski definition) is 4. The highest BCUT2D eigenvalue weighted by Gasteiger charge is 2.37. The minimum atomic E-state index is -0.187. The molecule has 2 aliphatic heterocycles. The Morgan fingerprint density at radius 3 is 2.93 bits per heavy atom. The topological polar surface area (TPSA) is 76.5 Å². The number of rotatable bonds is 1. The Morgan fingerprint density at radius 1 is 1.23 bits per heavy atom. The normalized spacial score (nSPS) is 23.5. The van der Waals surface area contributed by atoms with Crippen molar-refractivity contribution < 1.29 is 14.3 Å². The summed E-state index contributed by atoms with van der Waals surface area (Å²) in [5.74, 6) is 0.563. The lowest BCUT2D eigenvalue weighted by atomic mass is 9.76. The minimum absolute atomic E-state index is 0.00656. The molecule has 1 N–H and O–H groups in total. The van der Waals surface area contributed by atoms with Crippen molar-refractivity contribution in [2.24, 2.45) is 12.5 Å². The molecule has 30 heavy (non-hydrogen) atoms. The molecule has 0 aliphatic carbocycles. The molecule has 2 aliphatic rings. The van der Waals surface area contributed by atoms with Crippen LogP contribution in [0.15, 0.2) is 48.7 Å². The van der Waals surface area contributed by atoms with Gasteiger partial charge in [-0.25, -0.2) is 0 Å². The van der Waals surface area contributed by atoms with Gasteiger partial charge in [0.25, 0.3) is 11.8 Å². The molecule has 3 heterocycles. The molecule has 0 unspecified atom stereocenters. The lowest BCUT2D eigenvalue weighted by Crippen LogP contribution is -2.51. The van der Waals surface area contributed by atoms with E-state index in [1.807, 2.05) is 36.2 Å². The maximum absolute atomic E-state index is 12.9. The third kappa shape index (κ3) is 4.56. The van der Waals surface area contributed by atoms with E-state index in [-0.39, 0.29) is 23.8 Å². The van der Waals surface area contributed by atoms with E-state index >= 15 is 0 Å². The first-order valence-corrected chi connectivity index (χ1v) is 10.5. The molecule has 1 saturated heterocycles. The van der Waals surface area contributed by atoms with E-state index < -0.39 is 0 Å². The summed E-state index contributed by atoms with van der Waals surface area (Å²) in [6.07, 6.45) is 9.55. The van der Waals surface area contributed by atoms with Gasteiger partial charge in [-0.15, -0.1) is 0 Å². The number of hydrogen-bond donors (Lipinski definition) is 1. The number of nitrogens with one attached hydrogen (secondary N) is 1. The molecular weight excluding hydrogens is 380 g/mol. The van der Waals surface area contributed by atoms with Gasteiger partial charge in [0, 0.05) is 38.3 Å². The van der Waals surface area contributed by atoms with Crippen molar-refractivity contribution in [2.45, 2.75) is 25.7 Å². The van der Waals surface area contributed by atoms with Crippen LogP contribution in [0.4, 0.5) is 0 Å². The van der Waals surface area contributed by atoms with Crippen molar-refractivity contribution >= 4 is 11.8 Å². The first-order chi connectivity index (χ1) is 14.5. The Labute approximate surface area is 176 Å². The Bertz CT molecular complexity index is 951. The second-order valence-electron chi connectivity index (χ2n) is 8.26. The van der Waals surface area contributed by atoms with Crippen LogP contribution in [0.25, 0.3) is 0 Å². The number of aryl methyl sites for hydroxylation is 1. The molecule has 0 bridgehead atoms. The summed E-state index contributed by atoms with van der Waals surface area (Å²) in [5.41, 5.74) is 1.34. The zero-order chi connectivity index (χ0) is 21.0. The molecule has 1 atom stereocenters. The van der Waals surface area contributed by atoms with E-state index in [0.29, 0.717) is 25.3 Å². The molecule has 7 heteroatoms. The number of likely N-dealkylation sites (tertiary alicyclic amines) is 1. The monoisotopic (exact) mass is 408 g/mol. The first kappa shape index (κ1) is 20.2. The number of ether oxygens (including phenoxy) is 1. The Balaban J connectivity index is 1.52. The number of carbonyl (C=O) groups is 2. The van der Waals surface area contributed by atoms with E-state index in [2.05, 4.69) is 22.6 Å². The number of fused-ring (bicyclic) bond motifs is 1. The molecule has 0 saturated carbocycles. The Hall–Kier alpha value is -3.09. The summed E-state index contributed by atoms with van der Waals surface area (Å²) < 4.78 is 7.39. The van der Waals surface area contributed by atoms with Gasteiger partial charge in [-0.05, 0) is 43.4 Å². The van der Waals surface area contributed by atoms with E-state index in [1.54, 1.807) is 16.9 Å². The van der Waals surface area contributed by atoms with Gasteiger partial charge in [0.2, 0.25) is 0 Å². The summed E-state index contributed by atoms with van der Waals surface area (Å²) >= 11 is 0. The highest BCUT2D eigenvalue weighted by Crippen LogP contribution is 2.34. The number of carbonyl (C=O) groups excluding carboxylic acids is 2. The van der Waals surface area contributed by atoms with Crippen LogP contribution in [0.3, 0.4) is 0 Å². The van der Waals surface area contributed by atoms with Gasteiger partial charge in [-0.1, -0.05) is 30.4 Å². The van der Waals surface area contributed by atoms with E-state index in [4.69, 9.17) is 4.74 Å². The molecule has 158 valence electrons. The number of piperidine rings is 1. The fraction of sp³-hybridized carbons (Fsp3) is 0.435. The largest absolute Gasteiger partial charge is 0.483 e. The van der Waals surface area contributed by atoms with Crippen LogP contribution in [0, 0.1) is 5.41 Å². The molecule has 2 aromatic rings. The lowest BCUT2D eigenvalue weighted by molar-refractivity contribution is -0.123. The molecule has 7 nitrogen and oxygen atoms in total. The van der Waals surface area contributed by atoms with Gasteiger partial charge in [0.1, 0.15) is 11.4 Å². The average Bonchev–Trinajstić information content (AvgIpc) is 3.20. The number of para-hydroxylation sites is 1. The molecule has 1 spiro atoms. The van der Waals surface area contributed by atoms with Crippen molar-refractivity contribution in [3.63, 3.8) is 0 Å². The summed E-state index contributed by atoms with van der Waals surface area (Å²) in [6.45, 7) is 1.83. The number of aromatic nitrogens is 2. The van der Waals surface area contributed by atoms with Crippen LogP contribution in [0.1, 0.15) is 35.3 Å². The highest BCUT2D eigenvalue weighted by atomic mass is 16.5. The third-order valence-electron chi connectivity index (χ3n) is 5.93. The van der Waals surface area contributed by atoms with E-state index in [0.717, 1.165) is 37.0 Å². The maximum Gasteiger partial charge on any atom is 0.274 e. The molecule has 1 fully saturated rings. The number of benzene rings is 1. The highest BCUT2D eigenvalue weighted by molar-refractivity contribution is 5.92. The van der Waals surface area contributed by atoms with E-state index in [1.165, 1.54) is 0 Å². The first-order valence-electron chi connectivity index (χ1n) is 10.5. The van der Waals surface area contributed by atoms with Crippen molar-refractivity contribution in [3.8, 4) is 5.75 Å². The summed E-state index contributed by atoms with van der Waals surface area (Å²) in [6, 6.07) is 9.56. The van der Waals surface area contributed by atoms with Crippen molar-refractivity contribution in [2.75, 3.05) is 26.2 Å². The second kappa shape index (κ2) is 8.73. The predicted molar refractivity (Wildman–Crippen MR) is 113 cm³/mol. The van der Waals surface area contributed by atoms with Crippen LogP contribution in [-0.4, -0.2) is 52.7 Å². The molecule has 0 radical (unpaired) electrons. The minimum Gasteiger partial charge on any atom is -0.483 e. The summed E-state index contributed by atoms with van der Waals surface area (Å²) in [5, 5.41) is 7.30. The molecular formula is C23H28N4O3. The van der Waals surface area contributed by atoms with Crippen LogP contribution in [0.5, 0.6) is 5.75 Å². The maximum atomic E-state index is 12.9. The summed E-state index contributed by atoms with van der Waals surface area (Å²) in [7, 11) is 1.81. The summed E-state index contributed by atoms with van der Waals surface area (Å²) in [4.78, 5) is 27.2. The Morgan fingerprint density at radius 2 is 2.10 bits per heavy atom. The van der Waals surface area contributed by atoms with Crippen LogP contribution in [0.2, 0.25) is 0 Å². The van der Waals surface area contributed by atoms with Crippen molar-refractivity contribution in [1.82, 2.24) is 20.0 Å². The molecule has 2 amide bonds. The van der Waals surface area contributed by atoms with E-state index in [9.17, 15) is 9.59 Å². The third-order valence-corrected chi connectivity index (χ3v) is 5.93. The standard InChI is InChI=1S/C23H28N4O3/c1-26-14-10-19(25-26)22(29)27-13-6-12-23(17-27)11-5-4-8-18-7-2-3-9-20(18)30-15-21(28)24-16-23/h2-5,7,9-10,14H,6,8,11-13,15-17H2,1H3,(H,24,28)/b5-4+/t23-/m0/s1. The SMILES string of the molecule is Cn1ccc(C(=O)N2CCC[C@]3(C/C=C/Cc4ccccc4OCC(=O)NC3)C2)n1. The lowest BCUT2D eigenvalue weighted by Gasteiger charge is -2.42. The number of amides is 2. The fourth-order valence-electron chi connectivity index (χ4n) is 4.29. The van der Waals surface area contributed by atoms with Crippen LogP contribution >= 0.6 is 0 Å². The van der Waals surface area contributed by atoms with Crippen LogP contribution in [-0.2, 0) is 18.3 Å². The van der Waals surface area contributed by atoms with Crippen LogP contribution < -0.4 is 10.1 Å². The van der Waals surface area contributed by atoms with Gasteiger partial charge >= 0.3 is 0 Å². The van der Waals surface area contributed by atoms with Gasteiger partial charge in [0.05, 0.1) is 0 Å². The smallest absolute Gasteiger partial charge is 0.274 e. The zero-order valence-electron chi connectivity index (χ0n) is 17.3. The molecule has 1 aromatic heterocycles. The molecule has 1 aromatic carbocycles.